The smallest absolute Gasteiger partial charge is 0.0895 e. The van der Waals surface area contributed by atoms with Crippen LogP contribution in [-0.2, 0) is 6.54 Å². The summed E-state index contributed by atoms with van der Waals surface area (Å²) in [5, 5.41) is 6.16. The van der Waals surface area contributed by atoms with E-state index in [1.165, 1.54) is 17.1 Å². The zero-order valence-corrected chi connectivity index (χ0v) is 11.9. The van der Waals surface area contributed by atoms with Crippen LogP contribution < -0.4 is 0 Å². The molecule has 1 heterocycles. The predicted molar refractivity (Wildman–Crippen MR) is 75.4 cm³/mol. The maximum Gasteiger partial charge on any atom is 0.0895 e. The van der Waals surface area contributed by atoms with Crippen molar-refractivity contribution < 1.29 is 0 Å². The monoisotopic (exact) mass is 261 g/mol. The molecule has 0 radical (unpaired) electrons. The molecule has 0 fully saturated rings. The topological polar surface area (TPSA) is 29.0 Å². The normalized spacial score (nSPS) is 13.2. The van der Waals surface area contributed by atoms with Gasteiger partial charge in [0.15, 0.2) is 0 Å². The van der Waals surface area contributed by atoms with Crippen LogP contribution in [-0.4, -0.2) is 20.5 Å². The Morgan fingerprint density at radius 1 is 1.17 bits per heavy atom. The lowest BCUT2D eigenvalue weighted by Crippen LogP contribution is -2.33. The summed E-state index contributed by atoms with van der Waals surface area (Å²) in [5.74, 6) is 0. The lowest BCUT2D eigenvalue weighted by Gasteiger charge is -2.32. The Kier molecular flexibility index (Phi) is 4.44. The van der Waals surface area contributed by atoms with Gasteiger partial charge in [-0.2, -0.15) is 0 Å². The lowest BCUT2D eigenvalue weighted by molar-refractivity contribution is 0.153. The Labute approximate surface area is 113 Å². The van der Waals surface area contributed by atoms with E-state index in [-0.39, 0.29) is 0 Å². The van der Waals surface area contributed by atoms with Crippen LogP contribution in [0, 0.1) is 0 Å². The van der Waals surface area contributed by atoms with Gasteiger partial charge in [-0.15, -0.1) is 5.10 Å². The molecule has 1 unspecified atom stereocenters. The third-order valence-corrected chi connectivity index (χ3v) is 3.75. The summed E-state index contributed by atoms with van der Waals surface area (Å²) < 4.78 is 3.93. The van der Waals surface area contributed by atoms with E-state index in [2.05, 4.69) is 65.6 Å². The third kappa shape index (κ3) is 3.15. The van der Waals surface area contributed by atoms with Gasteiger partial charge in [-0.3, -0.25) is 4.90 Å². The largest absolute Gasteiger partial charge is 0.288 e. The molecule has 2 rings (SSSR count). The van der Waals surface area contributed by atoms with Gasteiger partial charge in [0, 0.05) is 24.0 Å². The SMILES string of the molecule is CC(C)N(Cc1csnn1)C(C)c1ccccc1. The van der Waals surface area contributed by atoms with Gasteiger partial charge in [-0.25, -0.2) is 0 Å². The molecule has 0 bridgehead atoms. The average molecular weight is 261 g/mol. The first-order valence-electron chi connectivity index (χ1n) is 6.25. The number of hydrogen-bond donors (Lipinski definition) is 0. The molecule has 1 atom stereocenters. The second-order valence-electron chi connectivity index (χ2n) is 4.75. The Bertz CT molecular complexity index is 453. The predicted octanol–water partition coefficient (Wildman–Crippen LogP) is 3.51. The maximum atomic E-state index is 4.14. The van der Waals surface area contributed by atoms with Gasteiger partial charge in [0.2, 0.25) is 0 Å². The minimum absolute atomic E-state index is 0.382. The molecule has 1 aromatic carbocycles. The first-order valence-corrected chi connectivity index (χ1v) is 7.08. The summed E-state index contributed by atoms with van der Waals surface area (Å²) in [6.07, 6.45) is 0. The molecule has 0 spiro atoms. The van der Waals surface area contributed by atoms with Crippen LogP contribution in [0.2, 0.25) is 0 Å². The highest BCUT2D eigenvalue weighted by atomic mass is 32.1. The fraction of sp³-hybridized carbons (Fsp3) is 0.429. The highest BCUT2D eigenvalue weighted by molar-refractivity contribution is 7.03. The zero-order valence-electron chi connectivity index (χ0n) is 11.1. The van der Waals surface area contributed by atoms with E-state index >= 15 is 0 Å². The minimum Gasteiger partial charge on any atom is -0.288 e. The summed E-state index contributed by atoms with van der Waals surface area (Å²) in [6.45, 7) is 7.54. The third-order valence-electron chi connectivity index (χ3n) is 3.19. The zero-order chi connectivity index (χ0) is 13.0. The molecule has 0 saturated carbocycles. The molecule has 18 heavy (non-hydrogen) atoms. The van der Waals surface area contributed by atoms with Crippen LogP contribution in [0.3, 0.4) is 0 Å². The molecule has 4 heteroatoms. The van der Waals surface area contributed by atoms with Gasteiger partial charge in [0.25, 0.3) is 0 Å². The molecular weight excluding hydrogens is 242 g/mol. The second kappa shape index (κ2) is 6.07. The van der Waals surface area contributed by atoms with Crippen molar-refractivity contribution in [1.82, 2.24) is 14.5 Å². The Balaban J connectivity index is 2.15. The Morgan fingerprint density at radius 3 is 2.44 bits per heavy atom. The molecule has 0 aliphatic carbocycles. The van der Waals surface area contributed by atoms with E-state index in [0.29, 0.717) is 12.1 Å². The van der Waals surface area contributed by atoms with E-state index in [4.69, 9.17) is 0 Å². The molecule has 2 aromatic rings. The number of hydrogen-bond acceptors (Lipinski definition) is 4. The second-order valence-corrected chi connectivity index (χ2v) is 5.36. The molecule has 0 aliphatic heterocycles. The number of aromatic nitrogens is 2. The molecule has 0 amide bonds. The van der Waals surface area contributed by atoms with E-state index in [0.717, 1.165) is 12.2 Å². The van der Waals surface area contributed by atoms with E-state index in [1.807, 2.05) is 5.38 Å². The molecular formula is C14H19N3S. The van der Waals surface area contributed by atoms with Gasteiger partial charge < -0.3 is 0 Å². The van der Waals surface area contributed by atoms with Crippen LogP contribution in [0.1, 0.15) is 38.1 Å². The quantitative estimate of drug-likeness (QED) is 0.824. The fourth-order valence-corrected chi connectivity index (χ4v) is 2.57. The molecule has 3 nitrogen and oxygen atoms in total. The molecule has 0 aliphatic rings. The summed E-state index contributed by atoms with van der Waals surface area (Å²) in [4.78, 5) is 2.44. The van der Waals surface area contributed by atoms with Crippen molar-refractivity contribution in [2.24, 2.45) is 0 Å². The minimum atomic E-state index is 0.382. The molecule has 96 valence electrons. The van der Waals surface area contributed by atoms with Crippen LogP contribution >= 0.6 is 11.5 Å². The first-order chi connectivity index (χ1) is 8.68. The first kappa shape index (κ1) is 13.2. The van der Waals surface area contributed by atoms with Crippen LogP contribution in [0.5, 0.6) is 0 Å². The highest BCUT2D eigenvalue weighted by Gasteiger charge is 2.19. The lowest BCUT2D eigenvalue weighted by atomic mass is 10.1. The fourth-order valence-electron chi connectivity index (χ4n) is 2.13. The van der Waals surface area contributed by atoms with Crippen molar-refractivity contribution in [2.75, 3.05) is 0 Å². The Hall–Kier alpha value is -1.26. The number of rotatable bonds is 5. The summed E-state index contributed by atoms with van der Waals surface area (Å²) in [6, 6.07) is 11.5. The number of benzene rings is 1. The van der Waals surface area contributed by atoms with E-state index in [1.54, 1.807) is 0 Å². The van der Waals surface area contributed by atoms with Gasteiger partial charge in [0.05, 0.1) is 5.69 Å². The van der Waals surface area contributed by atoms with Gasteiger partial charge in [-0.05, 0) is 37.9 Å². The van der Waals surface area contributed by atoms with E-state index in [9.17, 15) is 0 Å². The summed E-state index contributed by atoms with van der Waals surface area (Å²) in [7, 11) is 0. The van der Waals surface area contributed by atoms with Crippen molar-refractivity contribution in [3.05, 3.63) is 47.0 Å². The van der Waals surface area contributed by atoms with Crippen molar-refractivity contribution in [2.45, 2.75) is 39.4 Å². The maximum absolute atomic E-state index is 4.14. The van der Waals surface area contributed by atoms with Crippen LogP contribution in [0.4, 0.5) is 0 Å². The molecule has 0 N–H and O–H groups in total. The standard InChI is InChI=1S/C14H19N3S/c1-11(2)17(9-14-10-18-16-15-14)12(3)13-7-5-4-6-8-13/h4-8,10-12H,9H2,1-3H3. The van der Waals surface area contributed by atoms with E-state index < -0.39 is 0 Å². The highest BCUT2D eigenvalue weighted by Crippen LogP contribution is 2.24. The summed E-state index contributed by atoms with van der Waals surface area (Å²) >= 11 is 1.41. The van der Waals surface area contributed by atoms with Crippen molar-refractivity contribution >= 4 is 11.5 Å². The van der Waals surface area contributed by atoms with Gasteiger partial charge in [0.1, 0.15) is 0 Å². The number of nitrogens with zero attached hydrogens (tertiary/aromatic N) is 3. The van der Waals surface area contributed by atoms with Crippen LogP contribution in [0.15, 0.2) is 35.7 Å². The van der Waals surface area contributed by atoms with Gasteiger partial charge >= 0.3 is 0 Å². The van der Waals surface area contributed by atoms with Gasteiger partial charge in [-0.1, -0.05) is 34.8 Å². The molecule has 0 saturated heterocycles. The van der Waals surface area contributed by atoms with Crippen molar-refractivity contribution in [1.29, 1.82) is 0 Å². The summed E-state index contributed by atoms with van der Waals surface area (Å²) in [5.41, 5.74) is 2.39. The average Bonchev–Trinajstić information content (AvgIpc) is 2.89. The van der Waals surface area contributed by atoms with Crippen molar-refractivity contribution in [3.8, 4) is 0 Å². The van der Waals surface area contributed by atoms with Crippen molar-refractivity contribution in [3.63, 3.8) is 0 Å². The Morgan fingerprint density at radius 2 is 1.89 bits per heavy atom. The molecule has 1 aromatic heterocycles. The van der Waals surface area contributed by atoms with Crippen LogP contribution in [0.25, 0.3) is 0 Å².